The lowest BCUT2D eigenvalue weighted by Gasteiger charge is -2.35. The molecule has 0 aromatic heterocycles. The highest BCUT2D eigenvalue weighted by Crippen LogP contribution is 2.51. The van der Waals surface area contributed by atoms with Crippen LogP contribution >= 0.6 is 0 Å². The second kappa shape index (κ2) is 7.70. The molecule has 31 heavy (non-hydrogen) atoms. The highest BCUT2D eigenvalue weighted by Gasteiger charge is 2.46. The van der Waals surface area contributed by atoms with Crippen molar-refractivity contribution < 1.29 is 35.8 Å². The van der Waals surface area contributed by atoms with Crippen molar-refractivity contribution in [3.05, 3.63) is 41.0 Å². The minimum Gasteiger partial charge on any atom is -0.481 e. The first-order chi connectivity index (χ1) is 14.2. The van der Waals surface area contributed by atoms with Crippen LogP contribution in [-0.4, -0.2) is 37.0 Å². The van der Waals surface area contributed by atoms with Crippen molar-refractivity contribution in [2.24, 2.45) is 5.92 Å². The average molecular weight is 469 g/mol. The first-order valence-electron chi connectivity index (χ1n) is 9.70. The van der Waals surface area contributed by atoms with Gasteiger partial charge < -0.3 is 5.11 Å². The predicted molar refractivity (Wildman–Crippen MR) is 115 cm³/mol. The molecule has 0 fully saturated rings. The van der Waals surface area contributed by atoms with Crippen LogP contribution in [0.15, 0.2) is 39.6 Å². The van der Waals surface area contributed by atoms with Crippen LogP contribution in [0.3, 0.4) is 0 Å². The zero-order valence-corrected chi connectivity index (χ0v) is 18.9. The maximum Gasteiger partial charge on any atom is 0.307 e. The Morgan fingerprint density at radius 2 is 1.71 bits per heavy atom. The quantitative estimate of drug-likeness (QED) is 0.519. The van der Waals surface area contributed by atoms with Crippen molar-refractivity contribution >= 4 is 43.1 Å². The van der Waals surface area contributed by atoms with Crippen molar-refractivity contribution in [2.45, 2.75) is 55.2 Å². The van der Waals surface area contributed by atoms with Gasteiger partial charge in [-0.2, -0.15) is 16.8 Å². The number of carbonyl (C=O) groups is 1. The van der Waals surface area contributed by atoms with Crippen LogP contribution in [0.4, 0.5) is 0 Å². The number of rotatable bonds is 7. The minimum atomic E-state index is -4.84. The van der Waals surface area contributed by atoms with Gasteiger partial charge in [-0.3, -0.25) is 13.9 Å². The fourth-order valence-electron chi connectivity index (χ4n) is 4.55. The van der Waals surface area contributed by atoms with Gasteiger partial charge >= 0.3 is 5.97 Å². The number of allylic oxidation sites excluding steroid dienone is 1. The number of carboxylic acids is 1. The third kappa shape index (κ3) is 3.89. The first kappa shape index (κ1) is 23.4. The van der Waals surface area contributed by atoms with E-state index < -0.39 is 47.3 Å². The van der Waals surface area contributed by atoms with Gasteiger partial charge in [0.25, 0.3) is 20.2 Å². The first-order valence-corrected chi connectivity index (χ1v) is 12.6. The number of aliphatic carboxylic acids is 1. The van der Waals surface area contributed by atoms with E-state index in [2.05, 4.69) is 0 Å². The summed E-state index contributed by atoms with van der Waals surface area (Å²) in [5, 5.41) is 10.2. The fourth-order valence-corrected chi connectivity index (χ4v) is 5.89. The predicted octanol–water partition coefficient (Wildman–Crippen LogP) is 3.90. The second-order valence-electron chi connectivity index (χ2n) is 8.06. The van der Waals surface area contributed by atoms with Crippen LogP contribution in [0.2, 0.25) is 0 Å². The van der Waals surface area contributed by atoms with Crippen molar-refractivity contribution in [2.75, 3.05) is 0 Å². The maximum atomic E-state index is 12.2. The molecule has 0 spiro atoms. The monoisotopic (exact) mass is 468 g/mol. The van der Waals surface area contributed by atoms with Gasteiger partial charge in [0, 0.05) is 10.8 Å². The van der Waals surface area contributed by atoms with E-state index in [-0.39, 0.29) is 10.8 Å². The van der Waals surface area contributed by atoms with Crippen LogP contribution in [0.1, 0.15) is 51.2 Å². The summed E-state index contributed by atoms with van der Waals surface area (Å²) in [5.74, 6) is -1.87. The Bertz CT molecular complexity index is 1320. The number of hydrogen-bond donors (Lipinski definition) is 3. The summed E-state index contributed by atoms with van der Waals surface area (Å²) in [6.07, 6.45) is 3.60. The zero-order chi connectivity index (χ0) is 23.4. The van der Waals surface area contributed by atoms with E-state index in [0.717, 1.165) is 18.1 Å². The zero-order valence-electron chi connectivity index (χ0n) is 17.3. The minimum absolute atomic E-state index is 0.0441. The highest BCUT2D eigenvalue weighted by molar-refractivity contribution is 7.86. The summed E-state index contributed by atoms with van der Waals surface area (Å²) in [7, 11) is -9.64. The standard InChI is InChI=1S/C21H24O8S2/c1-4-5-6-17(20(22)23)21(3)12(2)9-13-7-8-15-16(19(13)21)10-14(30(24,25)26)11-18(15)31(27,28)29/h7-11,17H,4-6H2,1-3H3,(H,22,23)(H,24,25,26)(H,27,28,29). The Kier molecular flexibility index (Phi) is 5.81. The van der Waals surface area contributed by atoms with E-state index >= 15 is 0 Å². The van der Waals surface area contributed by atoms with Crippen LogP contribution in [0, 0.1) is 5.92 Å². The lowest BCUT2D eigenvalue weighted by Crippen LogP contribution is -2.37. The fraction of sp³-hybridized carbons (Fsp3) is 0.381. The Morgan fingerprint density at radius 1 is 1.06 bits per heavy atom. The van der Waals surface area contributed by atoms with Crippen molar-refractivity contribution in [1.82, 2.24) is 0 Å². The molecule has 2 aromatic carbocycles. The molecular formula is C21H24O8S2. The van der Waals surface area contributed by atoms with Crippen LogP contribution < -0.4 is 0 Å². The molecule has 0 radical (unpaired) electrons. The molecule has 0 heterocycles. The van der Waals surface area contributed by atoms with E-state index in [4.69, 9.17) is 0 Å². The Hall–Kier alpha value is -2.27. The molecule has 10 heteroatoms. The van der Waals surface area contributed by atoms with Gasteiger partial charge in [-0.25, -0.2) is 0 Å². The van der Waals surface area contributed by atoms with E-state index in [1.807, 2.05) is 6.92 Å². The summed E-state index contributed by atoms with van der Waals surface area (Å²) < 4.78 is 67.0. The molecular weight excluding hydrogens is 444 g/mol. The SMILES string of the molecule is CCCCC(C(=O)O)C1(C)C(C)=Cc2ccc3c(S(=O)(=O)O)cc(S(=O)(=O)O)cc3c21. The third-order valence-corrected chi connectivity index (χ3v) is 7.96. The summed E-state index contributed by atoms with van der Waals surface area (Å²) in [6.45, 7) is 5.47. The van der Waals surface area contributed by atoms with Crippen molar-refractivity contribution in [1.29, 1.82) is 0 Å². The second-order valence-corrected chi connectivity index (χ2v) is 10.9. The van der Waals surface area contributed by atoms with E-state index in [0.29, 0.717) is 30.0 Å². The molecule has 3 N–H and O–H groups in total. The molecule has 0 amide bonds. The van der Waals surface area contributed by atoms with E-state index in [1.165, 1.54) is 6.07 Å². The number of hydrogen-bond acceptors (Lipinski definition) is 5. The molecule has 3 rings (SSSR count). The van der Waals surface area contributed by atoms with Crippen LogP contribution in [0.25, 0.3) is 16.8 Å². The van der Waals surface area contributed by atoms with Gasteiger partial charge in [-0.15, -0.1) is 0 Å². The Morgan fingerprint density at radius 3 is 2.23 bits per heavy atom. The van der Waals surface area contributed by atoms with E-state index in [9.17, 15) is 35.8 Å². The molecule has 2 atom stereocenters. The Balaban J connectivity index is 2.48. The third-order valence-electron chi connectivity index (χ3n) is 6.23. The van der Waals surface area contributed by atoms with Gasteiger partial charge in [0.1, 0.15) is 4.90 Å². The van der Waals surface area contributed by atoms with Crippen molar-refractivity contribution in [3.63, 3.8) is 0 Å². The number of fused-ring (bicyclic) bond motifs is 3. The molecule has 0 aliphatic heterocycles. The van der Waals surface area contributed by atoms with Gasteiger partial charge in [0.2, 0.25) is 0 Å². The average Bonchev–Trinajstić information content (AvgIpc) is 2.90. The Labute approximate surface area is 181 Å². The molecule has 2 aromatic rings. The number of benzene rings is 2. The summed E-state index contributed by atoms with van der Waals surface area (Å²) in [4.78, 5) is 10.9. The van der Waals surface area contributed by atoms with Gasteiger partial charge in [-0.1, -0.05) is 50.5 Å². The lowest BCUT2D eigenvalue weighted by molar-refractivity contribution is -0.144. The lowest BCUT2D eigenvalue weighted by atomic mass is 9.67. The molecule has 8 nitrogen and oxygen atoms in total. The van der Waals surface area contributed by atoms with Gasteiger partial charge in [0.05, 0.1) is 10.8 Å². The van der Waals surface area contributed by atoms with Crippen LogP contribution in [-0.2, 0) is 30.4 Å². The van der Waals surface area contributed by atoms with Crippen molar-refractivity contribution in [3.8, 4) is 0 Å². The normalized spacial score (nSPS) is 19.8. The molecule has 0 saturated carbocycles. The molecule has 2 unspecified atom stereocenters. The molecule has 0 bridgehead atoms. The van der Waals surface area contributed by atoms with Gasteiger partial charge in [0.15, 0.2) is 0 Å². The van der Waals surface area contributed by atoms with Gasteiger partial charge in [-0.05, 0) is 42.0 Å². The molecule has 0 saturated heterocycles. The summed E-state index contributed by atoms with van der Waals surface area (Å²) >= 11 is 0. The molecule has 1 aliphatic carbocycles. The maximum absolute atomic E-state index is 12.2. The topological polar surface area (TPSA) is 146 Å². The van der Waals surface area contributed by atoms with E-state index in [1.54, 1.807) is 26.0 Å². The largest absolute Gasteiger partial charge is 0.481 e. The summed E-state index contributed by atoms with van der Waals surface area (Å²) in [6, 6.07) is 4.87. The number of carboxylic acid groups (broad SMARTS) is 1. The molecule has 1 aliphatic rings. The summed E-state index contributed by atoms with van der Waals surface area (Å²) in [5.41, 5.74) is 0.777. The highest BCUT2D eigenvalue weighted by atomic mass is 32.2. The van der Waals surface area contributed by atoms with Crippen LogP contribution in [0.5, 0.6) is 0 Å². The number of unbranched alkanes of at least 4 members (excludes halogenated alkanes) is 1. The smallest absolute Gasteiger partial charge is 0.307 e. The molecule has 168 valence electrons.